The summed E-state index contributed by atoms with van der Waals surface area (Å²) >= 11 is 0. The topological polar surface area (TPSA) is 169 Å². The van der Waals surface area contributed by atoms with Crippen LogP contribution in [0.25, 0.3) is 0 Å². The molecular weight excluding hydrogens is 298 g/mol. The second-order valence-electron chi connectivity index (χ2n) is 4.39. The van der Waals surface area contributed by atoms with Crippen LogP contribution in [-0.4, -0.2) is 67.7 Å². The summed E-state index contributed by atoms with van der Waals surface area (Å²) in [6, 6.07) is 5.66. The molecule has 0 fully saturated rings. The maximum absolute atomic E-state index is 10.8. The number of nitrogens with zero attached hydrogens (tertiary/aromatic N) is 2. The predicted octanol–water partition coefficient (Wildman–Crippen LogP) is -1.57. The summed E-state index contributed by atoms with van der Waals surface area (Å²) in [4.78, 5) is 10.1. The largest absolute Gasteiger partial charge is 0.394 e. The zero-order valence-electron chi connectivity index (χ0n) is 11.4. The summed E-state index contributed by atoms with van der Waals surface area (Å²) in [6.07, 6.45) is -6.06. The smallest absolute Gasteiger partial charge is 0.294 e. The van der Waals surface area contributed by atoms with Crippen LogP contribution in [0.1, 0.15) is 0 Å². The lowest BCUT2D eigenvalue weighted by Crippen LogP contribution is -2.46. The lowest BCUT2D eigenvalue weighted by atomic mass is 10.0. The lowest BCUT2D eigenvalue weighted by Gasteiger charge is -2.23. The minimum absolute atomic E-state index is 0.0707. The highest BCUT2D eigenvalue weighted by Gasteiger charge is 2.29. The van der Waals surface area contributed by atoms with Crippen molar-refractivity contribution in [3.63, 3.8) is 0 Å². The molecule has 1 aromatic rings. The lowest BCUT2D eigenvalue weighted by molar-refractivity contribution is -0.384. The normalized spacial score (nSPS) is 17.0. The van der Waals surface area contributed by atoms with Gasteiger partial charge in [0.2, 0.25) is 0 Å². The molecule has 10 heteroatoms. The molecule has 0 heterocycles. The van der Waals surface area contributed by atoms with Crippen LogP contribution in [0.15, 0.2) is 29.4 Å². The number of nitro benzene ring substituents is 1. The van der Waals surface area contributed by atoms with Crippen LogP contribution in [0.4, 0.5) is 11.4 Å². The van der Waals surface area contributed by atoms with E-state index in [0.29, 0.717) is 0 Å². The third-order valence-electron chi connectivity index (χ3n) is 2.79. The predicted molar refractivity (Wildman–Crippen MR) is 76.3 cm³/mol. The molecule has 10 nitrogen and oxygen atoms in total. The number of aliphatic hydroxyl groups is 5. The van der Waals surface area contributed by atoms with Crippen molar-refractivity contribution in [3.05, 3.63) is 34.4 Å². The maximum Gasteiger partial charge on any atom is 0.294 e. The summed E-state index contributed by atoms with van der Waals surface area (Å²) < 4.78 is 0. The van der Waals surface area contributed by atoms with Crippen LogP contribution in [0.2, 0.25) is 0 Å². The number of hydrazone groups is 1. The van der Waals surface area contributed by atoms with E-state index < -0.39 is 35.9 Å². The van der Waals surface area contributed by atoms with Gasteiger partial charge in [0.15, 0.2) is 0 Å². The highest BCUT2D eigenvalue weighted by molar-refractivity contribution is 5.67. The third kappa shape index (κ3) is 4.72. The van der Waals surface area contributed by atoms with Crippen molar-refractivity contribution in [2.45, 2.75) is 24.4 Å². The van der Waals surface area contributed by atoms with Gasteiger partial charge in [0.1, 0.15) is 30.1 Å². The fourth-order valence-electron chi connectivity index (χ4n) is 1.54. The van der Waals surface area contributed by atoms with Crippen LogP contribution in [0.3, 0.4) is 0 Å². The van der Waals surface area contributed by atoms with Gasteiger partial charge in [-0.2, -0.15) is 5.10 Å². The van der Waals surface area contributed by atoms with E-state index in [1.54, 1.807) is 0 Å². The van der Waals surface area contributed by atoms with Gasteiger partial charge in [-0.05, 0) is 6.07 Å². The van der Waals surface area contributed by atoms with Gasteiger partial charge < -0.3 is 25.5 Å². The molecule has 0 spiro atoms. The molecule has 1 aromatic carbocycles. The van der Waals surface area contributed by atoms with Gasteiger partial charge in [0, 0.05) is 6.07 Å². The summed E-state index contributed by atoms with van der Waals surface area (Å²) in [7, 11) is 0. The van der Waals surface area contributed by atoms with Crippen molar-refractivity contribution in [1.29, 1.82) is 0 Å². The monoisotopic (exact) mass is 315 g/mol. The van der Waals surface area contributed by atoms with Crippen LogP contribution in [-0.2, 0) is 0 Å². The van der Waals surface area contributed by atoms with Crippen molar-refractivity contribution in [2.24, 2.45) is 5.10 Å². The van der Waals surface area contributed by atoms with E-state index in [2.05, 4.69) is 10.5 Å². The number of hydrogen-bond donors (Lipinski definition) is 6. The van der Waals surface area contributed by atoms with Crippen molar-refractivity contribution >= 4 is 17.6 Å². The Hall–Kier alpha value is -2.11. The van der Waals surface area contributed by atoms with Crippen molar-refractivity contribution in [1.82, 2.24) is 0 Å². The number of nitrogens with one attached hydrogen (secondary N) is 1. The van der Waals surface area contributed by atoms with E-state index in [9.17, 15) is 25.4 Å². The molecule has 4 atom stereocenters. The number of nitro groups is 1. The Kier molecular flexibility index (Phi) is 6.82. The molecule has 0 aliphatic rings. The molecule has 1 rings (SSSR count). The van der Waals surface area contributed by atoms with Gasteiger partial charge in [-0.25, -0.2) is 0 Å². The molecule has 122 valence electrons. The van der Waals surface area contributed by atoms with E-state index in [0.717, 1.165) is 6.21 Å². The standard InChI is InChI=1S/C12H17N3O7/c16-6-10(18)12(20)11(19)9(17)5-13-14-7-3-1-2-4-8(7)15(21)22/h1-5,9-12,14,16-20H,6H2/b13-5+/t9-,10+,11+,12-/m0/s1. The molecule has 0 bridgehead atoms. The van der Waals surface area contributed by atoms with Crippen LogP contribution in [0.5, 0.6) is 0 Å². The Morgan fingerprint density at radius 1 is 1.23 bits per heavy atom. The first kappa shape index (κ1) is 17.9. The number of benzene rings is 1. The van der Waals surface area contributed by atoms with E-state index in [1.165, 1.54) is 24.3 Å². The van der Waals surface area contributed by atoms with Gasteiger partial charge in [0.25, 0.3) is 5.69 Å². The summed E-state index contributed by atoms with van der Waals surface area (Å²) in [6.45, 7) is -0.795. The SMILES string of the molecule is O=[N+]([O-])c1ccccc1N/N=C/[C@H](O)[C@@H](O)[C@@H](O)[C@H](O)CO. The molecule has 0 aliphatic heterocycles. The maximum atomic E-state index is 10.8. The second kappa shape index (κ2) is 8.36. The summed E-state index contributed by atoms with van der Waals surface area (Å²) in [5, 5.41) is 60.6. The Balaban J connectivity index is 2.68. The highest BCUT2D eigenvalue weighted by atomic mass is 16.6. The minimum Gasteiger partial charge on any atom is -0.394 e. The van der Waals surface area contributed by atoms with Crippen LogP contribution >= 0.6 is 0 Å². The first-order chi connectivity index (χ1) is 10.4. The molecule has 0 saturated carbocycles. The van der Waals surface area contributed by atoms with E-state index >= 15 is 0 Å². The van der Waals surface area contributed by atoms with Gasteiger partial charge >= 0.3 is 0 Å². The van der Waals surface area contributed by atoms with E-state index in [1.807, 2.05) is 0 Å². The molecule has 0 radical (unpaired) electrons. The molecule has 0 saturated heterocycles. The minimum atomic E-state index is -1.79. The number of aliphatic hydroxyl groups excluding tert-OH is 5. The first-order valence-corrected chi connectivity index (χ1v) is 6.24. The molecule has 22 heavy (non-hydrogen) atoms. The first-order valence-electron chi connectivity index (χ1n) is 6.24. The number of hydrogen-bond acceptors (Lipinski definition) is 9. The molecular formula is C12H17N3O7. The molecule has 0 aliphatic carbocycles. The fourth-order valence-corrected chi connectivity index (χ4v) is 1.54. The van der Waals surface area contributed by atoms with Gasteiger partial charge in [-0.3, -0.25) is 15.5 Å². The van der Waals surface area contributed by atoms with Gasteiger partial charge in [-0.15, -0.1) is 0 Å². The Morgan fingerprint density at radius 3 is 2.45 bits per heavy atom. The second-order valence-corrected chi connectivity index (χ2v) is 4.39. The average Bonchev–Trinajstić information content (AvgIpc) is 2.52. The molecule has 0 unspecified atom stereocenters. The number of rotatable bonds is 8. The van der Waals surface area contributed by atoms with Crippen molar-refractivity contribution in [2.75, 3.05) is 12.0 Å². The quantitative estimate of drug-likeness (QED) is 0.190. The van der Waals surface area contributed by atoms with Gasteiger partial charge in [0.05, 0.1) is 17.7 Å². The fraction of sp³-hybridized carbons (Fsp3) is 0.417. The zero-order valence-corrected chi connectivity index (χ0v) is 11.4. The van der Waals surface area contributed by atoms with Gasteiger partial charge in [-0.1, -0.05) is 12.1 Å². The summed E-state index contributed by atoms with van der Waals surface area (Å²) in [5.74, 6) is 0. The summed E-state index contributed by atoms with van der Waals surface area (Å²) in [5.41, 5.74) is 2.17. The van der Waals surface area contributed by atoms with E-state index in [4.69, 9.17) is 10.2 Å². The van der Waals surface area contributed by atoms with Crippen LogP contribution in [0, 0.1) is 10.1 Å². The van der Waals surface area contributed by atoms with Crippen molar-refractivity contribution < 1.29 is 30.5 Å². The Morgan fingerprint density at radius 2 is 1.86 bits per heavy atom. The molecule has 6 N–H and O–H groups in total. The average molecular weight is 315 g/mol. The molecule has 0 amide bonds. The molecule has 0 aromatic heterocycles. The van der Waals surface area contributed by atoms with E-state index in [-0.39, 0.29) is 11.4 Å². The number of anilines is 1. The Labute approximate surface area is 125 Å². The Bertz CT molecular complexity index is 525. The zero-order chi connectivity index (χ0) is 16.7. The van der Waals surface area contributed by atoms with Crippen LogP contribution < -0.4 is 5.43 Å². The number of para-hydroxylation sites is 2. The highest BCUT2D eigenvalue weighted by Crippen LogP contribution is 2.22. The van der Waals surface area contributed by atoms with Crippen molar-refractivity contribution in [3.8, 4) is 0 Å². The third-order valence-corrected chi connectivity index (χ3v) is 2.79.